The number of benzene rings is 2. The highest BCUT2D eigenvalue weighted by atomic mass is 16.2. The van der Waals surface area contributed by atoms with Crippen LogP contribution in [0.4, 0.5) is 0 Å². The first-order chi connectivity index (χ1) is 16.0. The van der Waals surface area contributed by atoms with Gasteiger partial charge in [0.15, 0.2) is 0 Å². The van der Waals surface area contributed by atoms with E-state index in [1.54, 1.807) is 6.20 Å². The fourth-order valence-electron chi connectivity index (χ4n) is 4.30. The second-order valence-electron chi connectivity index (χ2n) is 8.74. The van der Waals surface area contributed by atoms with E-state index < -0.39 is 0 Å². The van der Waals surface area contributed by atoms with E-state index in [1.807, 2.05) is 67.3 Å². The fourth-order valence-corrected chi connectivity index (χ4v) is 4.30. The number of hydrogen-bond acceptors (Lipinski definition) is 4. The smallest absolute Gasteiger partial charge is 0.254 e. The average Bonchev–Trinajstić information content (AvgIpc) is 2.83. The molecule has 33 heavy (non-hydrogen) atoms. The molecule has 1 fully saturated rings. The van der Waals surface area contributed by atoms with E-state index in [0.29, 0.717) is 36.6 Å². The summed E-state index contributed by atoms with van der Waals surface area (Å²) >= 11 is 0. The highest BCUT2D eigenvalue weighted by Gasteiger charge is 2.27. The summed E-state index contributed by atoms with van der Waals surface area (Å²) in [6, 6.07) is 17.9. The van der Waals surface area contributed by atoms with E-state index in [4.69, 9.17) is 0 Å². The lowest BCUT2D eigenvalue weighted by Crippen LogP contribution is -2.40. The predicted molar refractivity (Wildman–Crippen MR) is 128 cm³/mol. The Kier molecular flexibility index (Phi) is 7.13. The second kappa shape index (κ2) is 10.4. The Morgan fingerprint density at radius 1 is 1.06 bits per heavy atom. The lowest BCUT2D eigenvalue weighted by atomic mass is 9.96. The van der Waals surface area contributed by atoms with Gasteiger partial charge in [-0.1, -0.05) is 60.2 Å². The van der Waals surface area contributed by atoms with Crippen molar-refractivity contribution in [3.8, 4) is 0 Å². The summed E-state index contributed by atoms with van der Waals surface area (Å²) in [6.07, 6.45) is 3.89. The molecule has 1 unspecified atom stereocenters. The number of aryl methyl sites for hydroxylation is 2. The molecular formula is C27H30N4O2. The average molecular weight is 443 g/mol. The maximum absolute atomic E-state index is 12.9. The molecule has 6 nitrogen and oxygen atoms in total. The van der Waals surface area contributed by atoms with Crippen LogP contribution in [0, 0.1) is 13.8 Å². The number of hydrogen-bond donors (Lipinski definition) is 1. The van der Waals surface area contributed by atoms with Crippen LogP contribution in [0.5, 0.6) is 0 Å². The summed E-state index contributed by atoms with van der Waals surface area (Å²) in [4.78, 5) is 36.6. The topological polar surface area (TPSA) is 75.2 Å². The molecule has 1 N–H and O–H groups in total. The third kappa shape index (κ3) is 5.83. The molecule has 2 amide bonds. The minimum atomic E-state index is -0.179. The Hall–Kier alpha value is -3.54. The lowest BCUT2D eigenvalue weighted by Gasteiger charge is -2.32. The number of piperidine rings is 1. The number of likely N-dealkylation sites (tertiary alicyclic amines) is 1. The molecule has 1 saturated heterocycles. The van der Waals surface area contributed by atoms with Crippen LogP contribution in [-0.2, 0) is 17.8 Å². The van der Waals surface area contributed by atoms with Gasteiger partial charge in [-0.05, 0) is 37.8 Å². The maximum atomic E-state index is 12.9. The zero-order valence-corrected chi connectivity index (χ0v) is 19.3. The summed E-state index contributed by atoms with van der Waals surface area (Å²) < 4.78 is 0. The standard InChI is InChI=1S/C27H30N4O2/c1-19-8-6-11-22(14-19)15-25(32)31-13-7-12-23(18-31)26-28-17-24(20(2)30-26)27(33)29-16-21-9-4-3-5-10-21/h3-6,8-11,14,17,23H,7,12-13,15-16,18H2,1-2H3,(H,29,33). The molecule has 4 rings (SSSR count). The van der Waals surface area contributed by atoms with Crippen LogP contribution in [0.3, 0.4) is 0 Å². The van der Waals surface area contributed by atoms with E-state index in [2.05, 4.69) is 21.4 Å². The third-order valence-electron chi connectivity index (χ3n) is 6.12. The van der Waals surface area contributed by atoms with E-state index in [1.165, 1.54) is 0 Å². The number of nitrogens with one attached hydrogen (secondary N) is 1. The van der Waals surface area contributed by atoms with Crippen LogP contribution < -0.4 is 5.32 Å². The Bertz CT molecular complexity index is 1130. The summed E-state index contributed by atoms with van der Waals surface area (Å²) in [5.74, 6) is 0.751. The van der Waals surface area contributed by atoms with E-state index in [9.17, 15) is 9.59 Å². The monoisotopic (exact) mass is 442 g/mol. The molecular weight excluding hydrogens is 412 g/mol. The summed E-state index contributed by atoms with van der Waals surface area (Å²) in [7, 11) is 0. The van der Waals surface area contributed by atoms with Gasteiger partial charge < -0.3 is 10.2 Å². The van der Waals surface area contributed by atoms with Crippen molar-refractivity contribution in [2.24, 2.45) is 0 Å². The number of carbonyl (C=O) groups is 2. The van der Waals surface area contributed by atoms with Gasteiger partial charge in [-0.2, -0.15) is 0 Å². The normalized spacial score (nSPS) is 15.8. The zero-order chi connectivity index (χ0) is 23.2. The van der Waals surface area contributed by atoms with Gasteiger partial charge in [0.25, 0.3) is 5.91 Å². The van der Waals surface area contributed by atoms with Crippen LogP contribution in [0.15, 0.2) is 60.8 Å². The molecule has 1 aliphatic heterocycles. The van der Waals surface area contributed by atoms with Gasteiger partial charge in [0, 0.05) is 31.7 Å². The fraction of sp³-hybridized carbons (Fsp3) is 0.333. The maximum Gasteiger partial charge on any atom is 0.254 e. The Morgan fingerprint density at radius 3 is 2.61 bits per heavy atom. The summed E-state index contributed by atoms with van der Waals surface area (Å²) in [6.45, 7) is 5.72. The first kappa shape index (κ1) is 22.6. The van der Waals surface area contributed by atoms with Crippen molar-refractivity contribution in [1.29, 1.82) is 0 Å². The van der Waals surface area contributed by atoms with Gasteiger partial charge >= 0.3 is 0 Å². The molecule has 0 radical (unpaired) electrons. The molecule has 3 aromatic rings. The molecule has 170 valence electrons. The Labute approximate surface area is 195 Å². The third-order valence-corrected chi connectivity index (χ3v) is 6.12. The number of nitrogens with zero attached hydrogens (tertiary/aromatic N) is 3. The van der Waals surface area contributed by atoms with Crippen LogP contribution >= 0.6 is 0 Å². The van der Waals surface area contributed by atoms with E-state index in [-0.39, 0.29) is 17.7 Å². The van der Waals surface area contributed by atoms with Crippen molar-refractivity contribution in [3.63, 3.8) is 0 Å². The van der Waals surface area contributed by atoms with Crippen LogP contribution in [0.25, 0.3) is 0 Å². The minimum absolute atomic E-state index is 0.0836. The second-order valence-corrected chi connectivity index (χ2v) is 8.74. The summed E-state index contributed by atoms with van der Waals surface area (Å²) in [5, 5.41) is 2.93. The molecule has 6 heteroatoms. The first-order valence-electron chi connectivity index (χ1n) is 11.5. The molecule has 0 aliphatic carbocycles. The molecule has 0 bridgehead atoms. The van der Waals surface area contributed by atoms with E-state index in [0.717, 1.165) is 36.1 Å². The van der Waals surface area contributed by atoms with Crippen molar-refractivity contribution in [2.75, 3.05) is 13.1 Å². The Balaban J connectivity index is 1.38. The number of aromatic nitrogens is 2. The van der Waals surface area contributed by atoms with Crippen molar-refractivity contribution in [3.05, 3.63) is 94.6 Å². The van der Waals surface area contributed by atoms with Crippen LogP contribution in [0.1, 0.15) is 57.3 Å². The first-order valence-corrected chi connectivity index (χ1v) is 11.5. The van der Waals surface area contributed by atoms with Gasteiger partial charge in [-0.15, -0.1) is 0 Å². The molecule has 0 saturated carbocycles. The summed E-state index contributed by atoms with van der Waals surface area (Å²) in [5.41, 5.74) is 4.39. The van der Waals surface area contributed by atoms with Gasteiger partial charge in [0.2, 0.25) is 5.91 Å². The van der Waals surface area contributed by atoms with Crippen molar-refractivity contribution >= 4 is 11.8 Å². The van der Waals surface area contributed by atoms with Crippen molar-refractivity contribution < 1.29 is 9.59 Å². The Morgan fingerprint density at radius 2 is 1.85 bits per heavy atom. The highest BCUT2D eigenvalue weighted by Crippen LogP contribution is 2.25. The quantitative estimate of drug-likeness (QED) is 0.627. The largest absolute Gasteiger partial charge is 0.348 e. The SMILES string of the molecule is Cc1cccc(CC(=O)N2CCCC(c3ncc(C(=O)NCc4ccccc4)c(C)n3)C2)c1. The molecule has 2 heterocycles. The number of carbonyl (C=O) groups excluding carboxylic acids is 2. The molecule has 0 spiro atoms. The van der Waals surface area contributed by atoms with Crippen LogP contribution in [-0.4, -0.2) is 39.8 Å². The zero-order valence-electron chi connectivity index (χ0n) is 19.3. The molecule has 2 aromatic carbocycles. The van der Waals surface area contributed by atoms with E-state index >= 15 is 0 Å². The number of amides is 2. The predicted octanol–water partition coefficient (Wildman–Crippen LogP) is 3.97. The van der Waals surface area contributed by atoms with Crippen molar-refractivity contribution in [2.45, 2.75) is 45.6 Å². The number of rotatable bonds is 6. The molecule has 1 atom stereocenters. The minimum Gasteiger partial charge on any atom is -0.348 e. The van der Waals surface area contributed by atoms with Crippen LogP contribution in [0.2, 0.25) is 0 Å². The van der Waals surface area contributed by atoms with Gasteiger partial charge in [0.1, 0.15) is 5.82 Å². The van der Waals surface area contributed by atoms with Gasteiger partial charge in [0.05, 0.1) is 17.7 Å². The molecule has 1 aromatic heterocycles. The van der Waals surface area contributed by atoms with Gasteiger partial charge in [-0.25, -0.2) is 9.97 Å². The highest BCUT2D eigenvalue weighted by molar-refractivity contribution is 5.94. The van der Waals surface area contributed by atoms with Crippen molar-refractivity contribution in [1.82, 2.24) is 20.2 Å². The van der Waals surface area contributed by atoms with Gasteiger partial charge in [-0.3, -0.25) is 9.59 Å². The lowest BCUT2D eigenvalue weighted by molar-refractivity contribution is -0.131. The molecule has 1 aliphatic rings.